The number of aryl methyl sites for hydroxylation is 2. The minimum absolute atomic E-state index is 0.0403. The first-order valence-electron chi connectivity index (χ1n) is 8.36. The Labute approximate surface area is 152 Å². The monoisotopic (exact) mass is 378 g/mol. The summed E-state index contributed by atoms with van der Waals surface area (Å²) in [5.74, 6) is -0.0403. The van der Waals surface area contributed by atoms with Crippen LogP contribution in [0, 0.1) is 6.92 Å². The van der Waals surface area contributed by atoms with Crippen LogP contribution in [0.15, 0.2) is 40.6 Å². The molecule has 0 radical (unpaired) electrons. The summed E-state index contributed by atoms with van der Waals surface area (Å²) >= 11 is 1.33. The summed E-state index contributed by atoms with van der Waals surface area (Å²) in [6.45, 7) is 5.48. The first-order valence-corrected chi connectivity index (χ1v) is 10.6. The maximum absolute atomic E-state index is 12.7. The highest BCUT2D eigenvalue weighted by molar-refractivity contribution is 7.91. The number of amides is 1. The Kier molecular flexibility index (Phi) is 5.27. The number of sulfonamides is 1. The van der Waals surface area contributed by atoms with Gasteiger partial charge in [-0.3, -0.25) is 4.79 Å². The van der Waals surface area contributed by atoms with Gasteiger partial charge in [0.05, 0.1) is 0 Å². The van der Waals surface area contributed by atoms with E-state index in [1.54, 1.807) is 11.0 Å². The highest BCUT2D eigenvalue weighted by Gasteiger charge is 2.31. The van der Waals surface area contributed by atoms with Crippen LogP contribution in [0.5, 0.6) is 0 Å². The molecule has 1 aromatic carbocycles. The van der Waals surface area contributed by atoms with E-state index in [-0.39, 0.29) is 5.91 Å². The van der Waals surface area contributed by atoms with Gasteiger partial charge in [0.1, 0.15) is 4.21 Å². The predicted octanol–water partition coefficient (Wildman–Crippen LogP) is 2.77. The van der Waals surface area contributed by atoms with Gasteiger partial charge in [-0.2, -0.15) is 4.31 Å². The summed E-state index contributed by atoms with van der Waals surface area (Å²) in [7, 11) is -3.46. The first kappa shape index (κ1) is 18.1. The number of hydrogen-bond acceptors (Lipinski definition) is 4. The Morgan fingerprint density at radius 1 is 1.04 bits per heavy atom. The molecule has 0 spiro atoms. The van der Waals surface area contributed by atoms with Crippen molar-refractivity contribution in [3.8, 4) is 0 Å². The number of carbonyl (C=O) groups is 1. The maximum Gasteiger partial charge on any atom is 0.253 e. The number of nitrogens with zero attached hydrogens (tertiary/aromatic N) is 2. The lowest BCUT2D eigenvalue weighted by molar-refractivity contribution is 0.0698. The van der Waals surface area contributed by atoms with Gasteiger partial charge in [0.2, 0.25) is 0 Å². The number of hydrogen-bond donors (Lipinski definition) is 0. The third-order valence-electron chi connectivity index (χ3n) is 4.40. The van der Waals surface area contributed by atoms with E-state index in [1.807, 2.05) is 44.2 Å². The third-order valence-corrected chi connectivity index (χ3v) is 8.00. The van der Waals surface area contributed by atoms with E-state index in [1.165, 1.54) is 15.6 Å². The van der Waals surface area contributed by atoms with Crippen LogP contribution in [0.3, 0.4) is 0 Å². The molecule has 2 aromatic rings. The van der Waals surface area contributed by atoms with Gasteiger partial charge in [-0.1, -0.05) is 24.6 Å². The molecule has 0 bridgehead atoms. The van der Waals surface area contributed by atoms with E-state index in [2.05, 4.69) is 0 Å². The average Bonchev–Trinajstić information content (AvgIpc) is 3.12. The van der Waals surface area contributed by atoms with Crippen LogP contribution in [-0.2, 0) is 16.4 Å². The van der Waals surface area contributed by atoms with Gasteiger partial charge in [0, 0.05) is 36.6 Å². The average molecular weight is 379 g/mol. The van der Waals surface area contributed by atoms with E-state index >= 15 is 0 Å². The molecule has 1 fully saturated rings. The van der Waals surface area contributed by atoms with Gasteiger partial charge in [-0.25, -0.2) is 8.42 Å². The molecule has 1 aliphatic heterocycles. The van der Waals surface area contributed by atoms with E-state index in [0.29, 0.717) is 36.0 Å². The van der Waals surface area contributed by atoms with Gasteiger partial charge in [-0.15, -0.1) is 11.3 Å². The SMILES string of the molecule is CCc1ccc(S(=O)(=O)N2CCN(C(=O)c3ccc(C)cc3)CC2)s1. The van der Waals surface area contributed by atoms with Crippen molar-refractivity contribution in [2.24, 2.45) is 0 Å². The molecule has 1 saturated heterocycles. The topological polar surface area (TPSA) is 57.7 Å². The fourth-order valence-electron chi connectivity index (χ4n) is 2.82. The molecule has 25 heavy (non-hydrogen) atoms. The minimum atomic E-state index is -3.46. The van der Waals surface area contributed by atoms with Gasteiger partial charge in [-0.05, 0) is 37.6 Å². The molecule has 7 heteroatoms. The van der Waals surface area contributed by atoms with Gasteiger partial charge in [0.15, 0.2) is 0 Å². The Hall–Kier alpha value is -1.70. The molecule has 2 heterocycles. The molecule has 1 aromatic heterocycles. The second kappa shape index (κ2) is 7.27. The van der Waals surface area contributed by atoms with Crippen molar-refractivity contribution in [2.75, 3.05) is 26.2 Å². The van der Waals surface area contributed by atoms with Gasteiger partial charge < -0.3 is 4.90 Å². The van der Waals surface area contributed by atoms with E-state index in [9.17, 15) is 13.2 Å². The Balaban J connectivity index is 1.67. The van der Waals surface area contributed by atoms with Crippen molar-refractivity contribution in [3.63, 3.8) is 0 Å². The predicted molar refractivity (Wildman–Crippen MR) is 99.5 cm³/mol. The van der Waals surface area contributed by atoms with Gasteiger partial charge >= 0.3 is 0 Å². The molecule has 1 amide bonds. The summed E-state index contributed by atoms with van der Waals surface area (Å²) in [6, 6.07) is 11.0. The maximum atomic E-state index is 12.7. The van der Waals surface area contributed by atoms with Gasteiger partial charge in [0.25, 0.3) is 15.9 Å². The number of benzene rings is 1. The van der Waals surface area contributed by atoms with Crippen molar-refractivity contribution >= 4 is 27.3 Å². The normalized spacial score (nSPS) is 16.2. The van der Waals surface area contributed by atoms with Crippen molar-refractivity contribution in [2.45, 2.75) is 24.5 Å². The summed E-state index contributed by atoms with van der Waals surface area (Å²) in [6.07, 6.45) is 0.832. The highest BCUT2D eigenvalue weighted by Crippen LogP contribution is 2.26. The zero-order valence-corrected chi connectivity index (χ0v) is 16.1. The Morgan fingerprint density at radius 2 is 1.68 bits per heavy atom. The van der Waals surface area contributed by atoms with Crippen LogP contribution in [0.1, 0.15) is 27.7 Å². The Bertz CT molecular complexity index is 849. The standard InChI is InChI=1S/C18H22N2O3S2/c1-3-16-8-9-17(24-16)25(22,23)20-12-10-19(11-13-20)18(21)15-6-4-14(2)5-7-15/h4-9H,3,10-13H2,1-2H3. The minimum Gasteiger partial charge on any atom is -0.336 e. The number of rotatable bonds is 4. The quantitative estimate of drug-likeness (QED) is 0.822. The van der Waals surface area contributed by atoms with Crippen LogP contribution in [0.2, 0.25) is 0 Å². The summed E-state index contributed by atoms with van der Waals surface area (Å²) in [5, 5.41) is 0. The zero-order chi connectivity index (χ0) is 18.0. The molecule has 0 atom stereocenters. The van der Waals surface area contributed by atoms with Crippen LogP contribution in [-0.4, -0.2) is 49.7 Å². The van der Waals surface area contributed by atoms with Crippen molar-refractivity contribution in [1.82, 2.24) is 9.21 Å². The third kappa shape index (κ3) is 3.78. The summed E-state index contributed by atoms with van der Waals surface area (Å²) in [5.41, 5.74) is 1.75. The van der Waals surface area contributed by atoms with Crippen molar-refractivity contribution in [3.05, 3.63) is 52.4 Å². The molecule has 134 valence electrons. The number of carbonyl (C=O) groups excluding carboxylic acids is 1. The zero-order valence-electron chi connectivity index (χ0n) is 14.4. The van der Waals surface area contributed by atoms with Crippen molar-refractivity contribution in [1.29, 1.82) is 0 Å². The van der Waals surface area contributed by atoms with Crippen LogP contribution < -0.4 is 0 Å². The number of piperazine rings is 1. The lowest BCUT2D eigenvalue weighted by Gasteiger charge is -2.33. The largest absolute Gasteiger partial charge is 0.336 e. The molecule has 0 saturated carbocycles. The molecular formula is C18H22N2O3S2. The lowest BCUT2D eigenvalue weighted by atomic mass is 10.1. The molecule has 0 unspecified atom stereocenters. The fraction of sp³-hybridized carbons (Fsp3) is 0.389. The molecule has 0 N–H and O–H groups in total. The van der Waals surface area contributed by atoms with Crippen LogP contribution in [0.4, 0.5) is 0 Å². The summed E-state index contributed by atoms with van der Waals surface area (Å²) in [4.78, 5) is 15.3. The van der Waals surface area contributed by atoms with Crippen molar-refractivity contribution < 1.29 is 13.2 Å². The fourth-order valence-corrected chi connectivity index (χ4v) is 5.70. The lowest BCUT2D eigenvalue weighted by Crippen LogP contribution is -2.50. The summed E-state index contributed by atoms with van der Waals surface area (Å²) < 4.78 is 27.3. The highest BCUT2D eigenvalue weighted by atomic mass is 32.2. The molecule has 3 rings (SSSR count). The number of thiophene rings is 1. The van der Waals surface area contributed by atoms with E-state index in [0.717, 1.165) is 16.9 Å². The van der Waals surface area contributed by atoms with Crippen LogP contribution in [0.25, 0.3) is 0 Å². The second-order valence-corrected chi connectivity index (χ2v) is 9.47. The molecular weight excluding hydrogens is 356 g/mol. The van der Waals surface area contributed by atoms with Crippen LogP contribution >= 0.6 is 11.3 Å². The Morgan fingerprint density at radius 3 is 2.24 bits per heavy atom. The molecule has 0 aliphatic carbocycles. The molecule has 1 aliphatic rings. The van der Waals surface area contributed by atoms with E-state index < -0.39 is 10.0 Å². The van der Waals surface area contributed by atoms with E-state index in [4.69, 9.17) is 0 Å². The second-order valence-electron chi connectivity index (χ2n) is 6.14. The smallest absolute Gasteiger partial charge is 0.253 e. The molecule has 5 nitrogen and oxygen atoms in total. The first-order chi connectivity index (χ1) is 11.9.